The molecular formula is C13H12ClFN4S. The fourth-order valence-electron chi connectivity index (χ4n) is 2.12. The summed E-state index contributed by atoms with van der Waals surface area (Å²) < 4.78 is 15.8. The maximum absolute atomic E-state index is 13.9. The summed E-state index contributed by atoms with van der Waals surface area (Å²) in [4.78, 5) is 5.37. The van der Waals surface area contributed by atoms with Crippen LogP contribution in [0.5, 0.6) is 0 Å². The Labute approximate surface area is 124 Å². The maximum Gasteiger partial charge on any atom is 0.193 e. The molecule has 7 heteroatoms. The van der Waals surface area contributed by atoms with Crippen LogP contribution in [0.1, 0.15) is 17.3 Å². The van der Waals surface area contributed by atoms with Crippen molar-refractivity contribution < 1.29 is 4.39 Å². The molecule has 1 atom stereocenters. The number of nitrogens with one attached hydrogen (secondary N) is 1. The summed E-state index contributed by atoms with van der Waals surface area (Å²) in [6.07, 6.45) is 4.34. The highest BCUT2D eigenvalue weighted by molar-refractivity contribution is 7.15. The number of nitrogens with zero attached hydrogens (tertiary/aromatic N) is 2. The molecule has 2 heterocycles. The highest BCUT2D eigenvalue weighted by Crippen LogP contribution is 2.24. The topological polar surface area (TPSA) is 55.3 Å². The summed E-state index contributed by atoms with van der Waals surface area (Å²) in [6, 6.07) is 4.06. The molecule has 104 valence electrons. The Hall–Kier alpha value is -1.47. The molecule has 3 N–H and O–H groups in total. The Balaban J connectivity index is 1.89. The van der Waals surface area contributed by atoms with Gasteiger partial charge in [-0.1, -0.05) is 11.6 Å². The molecule has 20 heavy (non-hydrogen) atoms. The first kappa shape index (κ1) is 13.5. The van der Waals surface area contributed by atoms with Crippen LogP contribution in [0.2, 0.25) is 5.02 Å². The number of hydrogen-bond acceptors (Lipinski definition) is 4. The van der Waals surface area contributed by atoms with E-state index < -0.39 is 0 Å². The molecule has 0 aliphatic carbocycles. The first-order chi connectivity index (χ1) is 9.67. The van der Waals surface area contributed by atoms with Crippen LogP contribution in [0, 0.1) is 5.82 Å². The Morgan fingerprint density at radius 3 is 3.10 bits per heavy atom. The molecule has 0 aliphatic rings. The third-order valence-electron chi connectivity index (χ3n) is 3.09. The van der Waals surface area contributed by atoms with Crippen LogP contribution >= 0.6 is 22.9 Å². The van der Waals surface area contributed by atoms with Gasteiger partial charge >= 0.3 is 0 Å². The molecule has 0 saturated heterocycles. The van der Waals surface area contributed by atoms with Gasteiger partial charge in [0.1, 0.15) is 5.82 Å². The average Bonchev–Trinajstić information content (AvgIpc) is 3.00. The molecule has 0 fully saturated rings. The van der Waals surface area contributed by atoms with Gasteiger partial charge in [-0.3, -0.25) is 15.7 Å². The smallest absolute Gasteiger partial charge is 0.193 e. The molecule has 1 unspecified atom stereocenters. The second-order valence-electron chi connectivity index (χ2n) is 4.41. The normalized spacial score (nSPS) is 12.9. The van der Waals surface area contributed by atoms with Gasteiger partial charge in [-0.25, -0.2) is 9.37 Å². The van der Waals surface area contributed by atoms with Crippen LogP contribution in [0.3, 0.4) is 0 Å². The van der Waals surface area contributed by atoms with Crippen LogP contribution in [0.15, 0.2) is 36.0 Å². The Morgan fingerprint density at radius 2 is 2.35 bits per heavy atom. The second-order valence-corrected chi connectivity index (χ2v) is 5.72. The van der Waals surface area contributed by atoms with Crippen LogP contribution in [0.25, 0.3) is 4.96 Å². The zero-order chi connectivity index (χ0) is 14.1. The number of benzene rings is 1. The van der Waals surface area contributed by atoms with Crippen LogP contribution in [-0.2, 0) is 6.42 Å². The van der Waals surface area contributed by atoms with Crippen molar-refractivity contribution in [1.82, 2.24) is 14.8 Å². The number of aromatic nitrogens is 2. The van der Waals surface area contributed by atoms with Gasteiger partial charge in [-0.2, -0.15) is 0 Å². The van der Waals surface area contributed by atoms with Gasteiger partial charge in [0, 0.05) is 34.8 Å². The SMILES string of the molecule is NNC(Cc1cn2ccsc2n1)c1cc(Cl)ccc1F. The lowest BCUT2D eigenvalue weighted by Gasteiger charge is -2.16. The first-order valence-electron chi connectivity index (χ1n) is 5.99. The zero-order valence-corrected chi connectivity index (χ0v) is 12.0. The summed E-state index contributed by atoms with van der Waals surface area (Å²) in [5.41, 5.74) is 3.91. The van der Waals surface area contributed by atoms with E-state index in [2.05, 4.69) is 10.4 Å². The fourth-order valence-corrected chi connectivity index (χ4v) is 3.02. The van der Waals surface area contributed by atoms with Crippen LogP contribution < -0.4 is 11.3 Å². The lowest BCUT2D eigenvalue weighted by Crippen LogP contribution is -2.30. The van der Waals surface area contributed by atoms with Gasteiger partial charge in [-0.15, -0.1) is 11.3 Å². The second kappa shape index (κ2) is 5.49. The van der Waals surface area contributed by atoms with Gasteiger partial charge in [0.25, 0.3) is 0 Å². The minimum absolute atomic E-state index is 0.335. The third-order valence-corrected chi connectivity index (χ3v) is 4.10. The summed E-state index contributed by atoms with van der Waals surface area (Å²) >= 11 is 7.46. The summed E-state index contributed by atoms with van der Waals surface area (Å²) in [6.45, 7) is 0. The molecular weight excluding hydrogens is 299 g/mol. The minimum Gasteiger partial charge on any atom is -0.297 e. The number of rotatable bonds is 4. The van der Waals surface area contributed by atoms with E-state index in [0.29, 0.717) is 17.0 Å². The van der Waals surface area contributed by atoms with E-state index in [1.807, 2.05) is 22.2 Å². The van der Waals surface area contributed by atoms with E-state index in [1.54, 1.807) is 17.4 Å². The van der Waals surface area contributed by atoms with Crippen LogP contribution in [-0.4, -0.2) is 9.38 Å². The predicted octanol–water partition coefficient (Wildman–Crippen LogP) is 2.94. The van der Waals surface area contributed by atoms with Crippen molar-refractivity contribution in [2.24, 2.45) is 5.84 Å². The lowest BCUT2D eigenvalue weighted by atomic mass is 10.0. The average molecular weight is 311 g/mol. The number of halogens is 2. The molecule has 0 amide bonds. The number of imidazole rings is 1. The van der Waals surface area contributed by atoms with Crippen molar-refractivity contribution in [3.05, 3.63) is 58.1 Å². The van der Waals surface area contributed by atoms with E-state index in [0.717, 1.165) is 10.7 Å². The van der Waals surface area contributed by atoms with Crippen molar-refractivity contribution in [3.8, 4) is 0 Å². The quantitative estimate of drug-likeness (QED) is 0.575. The van der Waals surface area contributed by atoms with Gasteiger partial charge in [0.15, 0.2) is 4.96 Å². The van der Waals surface area contributed by atoms with Crippen molar-refractivity contribution in [3.63, 3.8) is 0 Å². The lowest BCUT2D eigenvalue weighted by molar-refractivity contribution is 0.507. The molecule has 0 spiro atoms. The number of nitrogens with two attached hydrogens (primary N) is 1. The monoisotopic (exact) mass is 310 g/mol. The standard InChI is InChI=1S/C13H12ClFN4S/c14-8-1-2-11(15)10(5-8)12(18-16)6-9-7-19-3-4-20-13(19)17-9/h1-5,7,12,18H,6,16H2. The Morgan fingerprint density at radius 1 is 1.50 bits per heavy atom. The van der Waals surface area contributed by atoms with Gasteiger partial charge in [0.05, 0.1) is 11.7 Å². The van der Waals surface area contributed by atoms with Crippen molar-refractivity contribution in [2.45, 2.75) is 12.5 Å². The molecule has 2 aromatic heterocycles. The third kappa shape index (κ3) is 2.55. The number of thiazole rings is 1. The summed E-state index contributed by atoms with van der Waals surface area (Å²) in [5.74, 6) is 5.21. The first-order valence-corrected chi connectivity index (χ1v) is 7.25. The van der Waals surface area contributed by atoms with Crippen LogP contribution in [0.4, 0.5) is 4.39 Å². The zero-order valence-electron chi connectivity index (χ0n) is 10.4. The highest BCUT2D eigenvalue weighted by atomic mass is 35.5. The fraction of sp³-hybridized carbons (Fsp3) is 0.154. The van der Waals surface area contributed by atoms with Gasteiger partial charge in [-0.05, 0) is 18.2 Å². The molecule has 0 aliphatic heterocycles. The summed E-state index contributed by atoms with van der Waals surface area (Å²) in [7, 11) is 0. The van der Waals surface area contributed by atoms with Crippen molar-refractivity contribution in [2.75, 3.05) is 0 Å². The molecule has 3 aromatic rings. The molecule has 3 rings (SSSR count). The van der Waals surface area contributed by atoms with E-state index in [4.69, 9.17) is 17.4 Å². The molecule has 0 saturated carbocycles. The minimum atomic E-state index is -0.377. The Kier molecular flexibility index (Phi) is 3.71. The van der Waals surface area contributed by atoms with Gasteiger partial charge in [0.2, 0.25) is 0 Å². The van der Waals surface area contributed by atoms with E-state index in [9.17, 15) is 4.39 Å². The summed E-state index contributed by atoms with van der Waals surface area (Å²) in [5, 5.41) is 2.44. The van der Waals surface area contributed by atoms with Crippen molar-refractivity contribution in [1.29, 1.82) is 0 Å². The van der Waals surface area contributed by atoms with Gasteiger partial charge < -0.3 is 0 Å². The number of hydrazine groups is 1. The Bertz CT molecular complexity index is 710. The number of hydrogen-bond donors (Lipinski definition) is 2. The highest BCUT2D eigenvalue weighted by Gasteiger charge is 2.17. The molecule has 0 bridgehead atoms. The van der Waals surface area contributed by atoms with E-state index >= 15 is 0 Å². The molecule has 0 radical (unpaired) electrons. The molecule has 4 nitrogen and oxygen atoms in total. The molecule has 1 aromatic carbocycles. The largest absolute Gasteiger partial charge is 0.297 e. The predicted molar refractivity (Wildman–Crippen MR) is 78.2 cm³/mol. The number of fused-ring (bicyclic) bond motifs is 1. The van der Waals surface area contributed by atoms with E-state index in [1.165, 1.54) is 12.1 Å². The maximum atomic E-state index is 13.9. The van der Waals surface area contributed by atoms with Crippen molar-refractivity contribution >= 4 is 27.9 Å². The van der Waals surface area contributed by atoms with E-state index in [-0.39, 0.29) is 11.9 Å².